The molecule has 6 nitrogen and oxygen atoms in total. The molecule has 0 heterocycles. The standard InChI is InChI=1S/C26H24O6/c1-17-8-11-19(12-9-17)22(27)13-10-18-6-5-7-21(14-18)32-26(28)20-15-23(29-2)25(31-4)24(16-20)30-3/h5-16H,1-4H3. The van der Waals surface area contributed by atoms with Gasteiger partial charge in [-0.1, -0.05) is 48.0 Å². The molecule has 32 heavy (non-hydrogen) atoms. The van der Waals surface area contributed by atoms with E-state index in [0.29, 0.717) is 28.6 Å². The summed E-state index contributed by atoms with van der Waals surface area (Å²) in [4.78, 5) is 25.0. The quantitative estimate of drug-likeness (QED) is 0.213. The van der Waals surface area contributed by atoms with Crippen LogP contribution in [-0.4, -0.2) is 33.1 Å². The van der Waals surface area contributed by atoms with E-state index in [1.54, 1.807) is 36.4 Å². The number of esters is 1. The first-order valence-corrected chi connectivity index (χ1v) is 9.86. The van der Waals surface area contributed by atoms with Crippen molar-refractivity contribution in [3.05, 3.63) is 89.0 Å². The molecular weight excluding hydrogens is 408 g/mol. The molecule has 164 valence electrons. The number of aryl methyl sites for hydroxylation is 1. The second-order valence-electron chi connectivity index (χ2n) is 6.94. The normalized spacial score (nSPS) is 10.6. The topological polar surface area (TPSA) is 71.1 Å². The van der Waals surface area contributed by atoms with Crippen LogP contribution in [0.4, 0.5) is 0 Å². The summed E-state index contributed by atoms with van der Waals surface area (Å²) >= 11 is 0. The van der Waals surface area contributed by atoms with Crippen molar-refractivity contribution >= 4 is 17.8 Å². The van der Waals surface area contributed by atoms with Crippen LogP contribution >= 0.6 is 0 Å². The van der Waals surface area contributed by atoms with Gasteiger partial charge in [0.25, 0.3) is 0 Å². The van der Waals surface area contributed by atoms with Gasteiger partial charge in [-0.25, -0.2) is 4.79 Å². The minimum atomic E-state index is -0.582. The Bertz CT molecular complexity index is 1120. The highest BCUT2D eigenvalue weighted by Crippen LogP contribution is 2.38. The number of ether oxygens (including phenoxy) is 4. The van der Waals surface area contributed by atoms with E-state index in [-0.39, 0.29) is 11.3 Å². The van der Waals surface area contributed by atoms with Gasteiger partial charge in [-0.15, -0.1) is 0 Å². The molecule has 0 saturated carbocycles. The summed E-state index contributed by atoms with van der Waals surface area (Å²) in [5.74, 6) is 0.742. The Kier molecular flexibility index (Phi) is 7.29. The van der Waals surface area contributed by atoms with Gasteiger partial charge in [-0.3, -0.25) is 4.79 Å². The van der Waals surface area contributed by atoms with Crippen molar-refractivity contribution in [2.75, 3.05) is 21.3 Å². The molecule has 3 rings (SSSR count). The Labute approximate surface area is 187 Å². The largest absolute Gasteiger partial charge is 0.493 e. The molecule has 0 radical (unpaired) electrons. The molecule has 3 aromatic carbocycles. The molecule has 0 spiro atoms. The van der Waals surface area contributed by atoms with Gasteiger partial charge in [0.1, 0.15) is 5.75 Å². The van der Waals surface area contributed by atoms with Crippen LogP contribution in [0.3, 0.4) is 0 Å². The molecule has 0 aromatic heterocycles. The van der Waals surface area contributed by atoms with Crippen molar-refractivity contribution in [1.29, 1.82) is 0 Å². The first-order chi connectivity index (χ1) is 15.4. The van der Waals surface area contributed by atoms with Crippen LogP contribution in [-0.2, 0) is 0 Å². The lowest BCUT2D eigenvalue weighted by Gasteiger charge is -2.13. The van der Waals surface area contributed by atoms with Gasteiger partial charge in [0, 0.05) is 5.56 Å². The zero-order valence-corrected chi connectivity index (χ0v) is 18.4. The van der Waals surface area contributed by atoms with Crippen LogP contribution in [0, 0.1) is 6.92 Å². The van der Waals surface area contributed by atoms with Gasteiger partial charge in [0.15, 0.2) is 17.3 Å². The summed E-state index contributed by atoms with van der Waals surface area (Å²) in [7, 11) is 4.43. The van der Waals surface area contributed by atoms with E-state index in [1.165, 1.54) is 39.5 Å². The van der Waals surface area contributed by atoms with Crippen LogP contribution in [0.15, 0.2) is 66.7 Å². The first-order valence-electron chi connectivity index (χ1n) is 9.86. The smallest absolute Gasteiger partial charge is 0.343 e. The molecule has 3 aromatic rings. The maximum Gasteiger partial charge on any atom is 0.343 e. The Morgan fingerprint density at radius 2 is 1.44 bits per heavy atom. The van der Waals surface area contributed by atoms with E-state index < -0.39 is 5.97 Å². The van der Waals surface area contributed by atoms with E-state index in [9.17, 15) is 9.59 Å². The third-order valence-corrected chi connectivity index (χ3v) is 4.73. The summed E-state index contributed by atoms with van der Waals surface area (Å²) in [5.41, 5.74) is 2.67. The van der Waals surface area contributed by atoms with Gasteiger partial charge >= 0.3 is 5.97 Å². The molecule has 0 N–H and O–H groups in total. The van der Waals surface area contributed by atoms with Gasteiger partial charge in [-0.05, 0) is 42.8 Å². The third-order valence-electron chi connectivity index (χ3n) is 4.73. The molecular formula is C26H24O6. The molecule has 6 heteroatoms. The number of hydrogen-bond donors (Lipinski definition) is 0. The predicted molar refractivity (Wildman–Crippen MR) is 122 cm³/mol. The number of carbonyl (C=O) groups is 2. The second kappa shape index (κ2) is 10.3. The van der Waals surface area contributed by atoms with Gasteiger partial charge in [0.05, 0.1) is 26.9 Å². The highest BCUT2D eigenvalue weighted by atomic mass is 16.5. The zero-order valence-electron chi connectivity index (χ0n) is 18.4. The summed E-state index contributed by atoms with van der Waals surface area (Å²) < 4.78 is 21.3. The first kappa shape index (κ1) is 22.6. The van der Waals surface area contributed by atoms with Crippen molar-refractivity contribution in [2.45, 2.75) is 6.92 Å². The number of rotatable bonds is 8. The van der Waals surface area contributed by atoms with Crippen LogP contribution in [0.25, 0.3) is 6.08 Å². The van der Waals surface area contributed by atoms with Crippen molar-refractivity contribution in [3.63, 3.8) is 0 Å². The highest BCUT2D eigenvalue weighted by molar-refractivity contribution is 6.06. The van der Waals surface area contributed by atoms with E-state index in [4.69, 9.17) is 18.9 Å². The van der Waals surface area contributed by atoms with Crippen LogP contribution in [0.1, 0.15) is 31.8 Å². The number of ketones is 1. The lowest BCUT2D eigenvalue weighted by molar-refractivity contribution is 0.0733. The maximum atomic E-state index is 12.7. The molecule has 0 bridgehead atoms. The minimum Gasteiger partial charge on any atom is -0.493 e. The van der Waals surface area contributed by atoms with E-state index >= 15 is 0 Å². The fraction of sp³-hybridized carbons (Fsp3) is 0.154. The van der Waals surface area contributed by atoms with Crippen molar-refractivity contribution in [1.82, 2.24) is 0 Å². The number of carbonyl (C=O) groups excluding carboxylic acids is 2. The summed E-state index contributed by atoms with van der Waals surface area (Å²) in [6, 6.07) is 17.3. The molecule has 0 fully saturated rings. The van der Waals surface area contributed by atoms with Crippen molar-refractivity contribution in [2.24, 2.45) is 0 Å². The Morgan fingerprint density at radius 1 is 0.781 bits per heavy atom. The van der Waals surface area contributed by atoms with Gasteiger partial charge < -0.3 is 18.9 Å². The zero-order chi connectivity index (χ0) is 23.1. The predicted octanol–water partition coefficient (Wildman–Crippen LogP) is 5.14. The van der Waals surface area contributed by atoms with Crippen molar-refractivity contribution < 1.29 is 28.5 Å². The number of allylic oxidation sites excluding steroid dienone is 1. The summed E-state index contributed by atoms with van der Waals surface area (Å²) in [5, 5.41) is 0. The molecule has 0 amide bonds. The minimum absolute atomic E-state index is 0.107. The number of methoxy groups -OCH3 is 3. The van der Waals surface area contributed by atoms with Gasteiger partial charge in [0.2, 0.25) is 5.75 Å². The number of benzene rings is 3. The van der Waals surface area contributed by atoms with Crippen molar-refractivity contribution in [3.8, 4) is 23.0 Å². The molecule has 0 aliphatic rings. The molecule has 0 aliphatic carbocycles. The molecule has 0 saturated heterocycles. The average Bonchev–Trinajstić information content (AvgIpc) is 2.82. The van der Waals surface area contributed by atoms with Crippen LogP contribution < -0.4 is 18.9 Å². The third kappa shape index (κ3) is 5.35. The lowest BCUT2D eigenvalue weighted by atomic mass is 10.1. The van der Waals surface area contributed by atoms with Crippen LogP contribution in [0.5, 0.6) is 23.0 Å². The van der Waals surface area contributed by atoms with E-state index in [0.717, 1.165) is 11.1 Å². The fourth-order valence-corrected chi connectivity index (χ4v) is 3.03. The highest BCUT2D eigenvalue weighted by Gasteiger charge is 2.18. The Balaban J connectivity index is 1.76. The lowest BCUT2D eigenvalue weighted by Crippen LogP contribution is -2.09. The maximum absolute atomic E-state index is 12.7. The molecule has 0 unspecified atom stereocenters. The fourth-order valence-electron chi connectivity index (χ4n) is 3.03. The van der Waals surface area contributed by atoms with Gasteiger partial charge in [-0.2, -0.15) is 0 Å². The van der Waals surface area contributed by atoms with E-state index in [2.05, 4.69) is 0 Å². The summed E-state index contributed by atoms with van der Waals surface area (Å²) in [6.07, 6.45) is 3.17. The second-order valence-corrected chi connectivity index (χ2v) is 6.94. The SMILES string of the molecule is COc1cc(C(=O)Oc2cccc(C=CC(=O)c3ccc(C)cc3)c2)cc(OC)c1OC. The molecule has 0 aliphatic heterocycles. The number of hydrogen-bond acceptors (Lipinski definition) is 6. The average molecular weight is 432 g/mol. The summed E-state index contributed by atoms with van der Waals surface area (Å²) in [6.45, 7) is 1.97. The van der Waals surface area contributed by atoms with Crippen LogP contribution in [0.2, 0.25) is 0 Å². The Hall–Kier alpha value is -4.06. The monoisotopic (exact) mass is 432 g/mol. The Morgan fingerprint density at radius 3 is 2.03 bits per heavy atom. The molecule has 0 atom stereocenters. The van der Waals surface area contributed by atoms with E-state index in [1.807, 2.05) is 25.1 Å².